The first-order valence-electron chi connectivity index (χ1n) is 8.03. The highest BCUT2D eigenvalue weighted by atomic mass is 35.5. The number of rotatable bonds is 6. The number of carbonyl (C=O) groups excluding carboxylic acids is 1. The molecule has 3 rings (SSSR count). The van der Waals surface area contributed by atoms with Crippen LogP contribution in [0, 0.1) is 0 Å². The first-order chi connectivity index (χ1) is 12.5. The molecule has 26 heavy (non-hydrogen) atoms. The molecule has 0 aliphatic heterocycles. The summed E-state index contributed by atoms with van der Waals surface area (Å²) in [4.78, 5) is 28.5. The van der Waals surface area contributed by atoms with Crippen molar-refractivity contribution in [2.75, 3.05) is 6.54 Å². The molecule has 2 aromatic heterocycles. The van der Waals surface area contributed by atoms with Gasteiger partial charge in [0.15, 0.2) is 5.65 Å². The summed E-state index contributed by atoms with van der Waals surface area (Å²) in [6.07, 6.45) is 3.71. The highest BCUT2D eigenvalue weighted by Gasteiger charge is 2.09. The van der Waals surface area contributed by atoms with E-state index in [2.05, 4.69) is 15.4 Å². The quantitative estimate of drug-likeness (QED) is 0.695. The second-order valence-electron chi connectivity index (χ2n) is 5.83. The third-order valence-electron chi connectivity index (χ3n) is 4.03. The molecule has 0 aliphatic rings. The molecule has 3 aromatic rings. The topological polar surface area (TPSA) is 81.8 Å². The minimum Gasteiger partial charge on any atom is -0.356 e. The monoisotopic (exact) mass is 393 g/mol. The second-order valence-corrected chi connectivity index (χ2v) is 6.68. The first-order valence-corrected chi connectivity index (χ1v) is 8.79. The molecule has 0 radical (unpaired) electrons. The van der Waals surface area contributed by atoms with Crippen molar-refractivity contribution < 1.29 is 4.79 Å². The fourth-order valence-electron chi connectivity index (χ4n) is 2.60. The largest absolute Gasteiger partial charge is 0.356 e. The van der Waals surface area contributed by atoms with Gasteiger partial charge in [0.1, 0.15) is 5.39 Å². The predicted octanol–water partition coefficient (Wildman–Crippen LogP) is 2.19. The van der Waals surface area contributed by atoms with Crippen molar-refractivity contribution in [3.63, 3.8) is 0 Å². The molecule has 1 aromatic carbocycles. The lowest BCUT2D eigenvalue weighted by molar-refractivity contribution is -0.121. The number of benzene rings is 1. The molecule has 0 saturated carbocycles. The van der Waals surface area contributed by atoms with Gasteiger partial charge in [-0.2, -0.15) is 5.10 Å². The second kappa shape index (κ2) is 7.88. The molecule has 7 nitrogen and oxygen atoms in total. The van der Waals surface area contributed by atoms with Crippen LogP contribution in [0.3, 0.4) is 0 Å². The zero-order valence-electron chi connectivity index (χ0n) is 14.1. The first kappa shape index (κ1) is 18.4. The summed E-state index contributed by atoms with van der Waals surface area (Å²) in [6.45, 7) is 0.708. The Morgan fingerprint density at radius 3 is 2.88 bits per heavy atom. The molecule has 1 amide bonds. The lowest BCUT2D eigenvalue weighted by atomic mass is 10.1. The van der Waals surface area contributed by atoms with Crippen LogP contribution in [0.4, 0.5) is 0 Å². The van der Waals surface area contributed by atoms with E-state index in [1.165, 1.54) is 21.8 Å². The van der Waals surface area contributed by atoms with E-state index in [1.54, 1.807) is 19.2 Å². The van der Waals surface area contributed by atoms with Gasteiger partial charge in [-0.15, -0.1) is 0 Å². The van der Waals surface area contributed by atoms with Crippen LogP contribution in [0.2, 0.25) is 10.0 Å². The van der Waals surface area contributed by atoms with Gasteiger partial charge in [0.05, 0.1) is 12.5 Å². The van der Waals surface area contributed by atoms with Gasteiger partial charge in [0.2, 0.25) is 5.91 Å². The molecule has 0 unspecified atom stereocenters. The number of aryl methyl sites for hydroxylation is 2. The number of aromatic nitrogens is 4. The fourth-order valence-corrected chi connectivity index (χ4v) is 3.10. The maximum atomic E-state index is 12.3. The molecule has 0 spiro atoms. The van der Waals surface area contributed by atoms with Crippen molar-refractivity contribution >= 4 is 40.1 Å². The van der Waals surface area contributed by atoms with E-state index in [-0.39, 0.29) is 24.4 Å². The smallest absolute Gasteiger partial charge is 0.264 e. The standard InChI is InChI=1S/C17H17Cl2N5O2/c1-23-16-13(9-22-23)17(26)24(10-21-16)7-5-15(25)20-6-4-11-2-3-12(18)8-14(11)19/h2-3,8-10H,4-7H2,1H3,(H,20,25). The Bertz CT molecular complexity index is 1010. The van der Waals surface area contributed by atoms with Gasteiger partial charge in [0.25, 0.3) is 5.56 Å². The molecular formula is C17H17Cl2N5O2. The van der Waals surface area contributed by atoms with Crippen LogP contribution >= 0.6 is 23.2 Å². The Kier molecular flexibility index (Phi) is 5.58. The van der Waals surface area contributed by atoms with Crippen LogP contribution in [0.15, 0.2) is 35.5 Å². The van der Waals surface area contributed by atoms with Gasteiger partial charge < -0.3 is 5.32 Å². The normalized spacial score (nSPS) is 11.0. The average Bonchev–Trinajstić information content (AvgIpc) is 2.98. The number of carbonyl (C=O) groups is 1. The van der Waals surface area contributed by atoms with Crippen molar-refractivity contribution in [1.29, 1.82) is 0 Å². The van der Waals surface area contributed by atoms with Crippen molar-refractivity contribution in [3.05, 3.63) is 56.7 Å². The number of nitrogens with zero attached hydrogens (tertiary/aromatic N) is 4. The Labute approximate surface area is 159 Å². The number of halogens is 2. The lowest BCUT2D eigenvalue weighted by Crippen LogP contribution is -2.29. The summed E-state index contributed by atoms with van der Waals surface area (Å²) in [6, 6.07) is 5.28. The molecule has 1 N–H and O–H groups in total. The summed E-state index contributed by atoms with van der Waals surface area (Å²) in [5, 5.41) is 8.43. The number of hydrogen-bond acceptors (Lipinski definition) is 4. The molecule has 136 valence electrons. The molecule has 9 heteroatoms. The van der Waals surface area contributed by atoms with Crippen LogP contribution in [0.1, 0.15) is 12.0 Å². The summed E-state index contributed by atoms with van der Waals surface area (Å²) in [7, 11) is 1.72. The maximum absolute atomic E-state index is 12.3. The third kappa shape index (κ3) is 4.05. The minimum atomic E-state index is -0.205. The Morgan fingerprint density at radius 1 is 1.31 bits per heavy atom. The third-order valence-corrected chi connectivity index (χ3v) is 4.62. The van der Waals surface area contributed by atoms with E-state index in [1.807, 2.05) is 6.07 Å². The zero-order chi connectivity index (χ0) is 18.7. The SMILES string of the molecule is Cn1ncc2c(=O)n(CCC(=O)NCCc3ccc(Cl)cc3Cl)cnc21. The van der Waals surface area contributed by atoms with Gasteiger partial charge in [-0.05, 0) is 24.1 Å². The number of fused-ring (bicyclic) bond motifs is 1. The van der Waals surface area contributed by atoms with Crippen molar-refractivity contribution in [2.24, 2.45) is 7.05 Å². The Hall–Kier alpha value is -2.38. The van der Waals surface area contributed by atoms with E-state index >= 15 is 0 Å². The van der Waals surface area contributed by atoms with Gasteiger partial charge >= 0.3 is 0 Å². The molecule has 2 heterocycles. The zero-order valence-corrected chi connectivity index (χ0v) is 15.6. The van der Waals surface area contributed by atoms with E-state index in [9.17, 15) is 9.59 Å². The number of nitrogens with one attached hydrogen (secondary N) is 1. The summed E-state index contributed by atoms with van der Waals surface area (Å²) < 4.78 is 2.95. The Morgan fingerprint density at radius 2 is 2.12 bits per heavy atom. The van der Waals surface area contributed by atoms with Crippen LogP contribution < -0.4 is 10.9 Å². The summed E-state index contributed by atoms with van der Waals surface area (Å²) >= 11 is 12.0. The fraction of sp³-hybridized carbons (Fsp3) is 0.294. The van der Waals surface area contributed by atoms with Gasteiger partial charge in [-0.25, -0.2) is 4.98 Å². The molecule has 0 fully saturated rings. The average molecular weight is 394 g/mol. The Balaban J connectivity index is 1.53. The lowest BCUT2D eigenvalue weighted by Gasteiger charge is -2.08. The summed E-state index contributed by atoms with van der Waals surface area (Å²) in [5.74, 6) is -0.145. The highest BCUT2D eigenvalue weighted by molar-refractivity contribution is 6.35. The molecule has 0 bridgehead atoms. The van der Waals surface area contributed by atoms with Gasteiger partial charge in [0, 0.05) is 36.6 Å². The molecule has 0 atom stereocenters. The van der Waals surface area contributed by atoms with Crippen molar-refractivity contribution in [1.82, 2.24) is 24.6 Å². The number of amides is 1. The molecule has 0 aliphatic carbocycles. The van der Waals surface area contributed by atoms with Crippen molar-refractivity contribution in [3.8, 4) is 0 Å². The van der Waals surface area contributed by atoms with Crippen LogP contribution in [-0.4, -0.2) is 31.8 Å². The number of hydrogen-bond donors (Lipinski definition) is 1. The van der Waals surface area contributed by atoms with Gasteiger partial charge in [-0.1, -0.05) is 29.3 Å². The maximum Gasteiger partial charge on any atom is 0.264 e. The van der Waals surface area contributed by atoms with Crippen LogP contribution in [0.5, 0.6) is 0 Å². The molecule has 0 saturated heterocycles. The van der Waals surface area contributed by atoms with Crippen LogP contribution in [-0.2, 0) is 24.8 Å². The molecular weight excluding hydrogens is 377 g/mol. The van der Waals surface area contributed by atoms with Gasteiger partial charge in [-0.3, -0.25) is 18.8 Å². The highest BCUT2D eigenvalue weighted by Crippen LogP contribution is 2.21. The summed E-state index contributed by atoms with van der Waals surface area (Å²) in [5.41, 5.74) is 1.23. The predicted molar refractivity (Wildman–Crippen MR) is 101 cm³/mol. The van der Waals surface area contributed by atoms with E-state index in [0.29, 0.717) is 34.0 Å². The minimum absolute atomic E-state index is 0.145. The van der Waals surface area contributed by atoms with E-state index < -0.39 is 0 Å². The van der Waals surface area contributed by atoms with E-state index in [0.717, 1.165) is 5.56 Å². The van der Waals surface area contributed by atoms with E-state index in [4.69, 9.17) is 23.2 Å². The van der Waals surface area contributed by atoms with Crippen LogP contribution in [0.25, 0.3) is 11.0 Å². The van der Waals surface area contributed by atoms with Crippen molar-refractivity contribution in [2.45, 2.75) is 19.4 Å².